The number of carbonyl (C=O) groups excluding carboxylic acids is 3. The van der Waals surface area contributed by atoms with E-state index in [0.717, 1.165) is 18.5 Å². The molecule has 10 nitrogen and oxygen atoms in total. The highest BCUT2D eigenvalue weighted by molar-refractivity contribution is 6.44. The second kappa shape index (κ2) is 9.96. The second-order valence-electron chi connectivity index (χ2n) is 7.89. The summed E-state index contributed by atoms with van der Waals surface area (Å²) in [5.74, 6) is -2.29. The number of nitrogens with one attached hydrogen (secondary N) is 1. The van der Waals surface area contributed by atoms with Crippen molar-refractivity contribution >= 4 is 28.7 Å². The fourth-order valence-electron chi connectivity index (χ4n) is 3.90. The monoisotopic (exact) mass is 469 g/mol. The van der Waals surface area contributed by atoms with Gasteiger partial charge in [-0.25, -0.2) is 4.39 Å². The zero-order valence-corrected chi connectivity index (χ0v) is 18.8. The molecular weight excluding hydrogens is 445 g/mol. The van der Waals surface area contributed by atoms with Crippen LogP contribution in [0.2, 0.25) is 0 Å². The van der Waals surface area contributed by atoms with E-state index in [1.165, 1.54) is 32.4 Å². The first-order valence-corrected chi connectivity index (χ1v) is 10.8. The molecule has 1 saturated heterocycles. The van der Waals surface area contributed by atoms with Gasteiger partial charge >= 0.3 is 0 Å². The normalized spacial score (nSPS) is 14.6. The molecule has 0 saturated carbocycles. The number of likely N-dealkylation sites (N-methyl/N-ethyl adjacent to an activating group) is 1. The summed E-state index contributed by atoms with van der Waals surface area (Å²) in [5.41, 5.74) is 0.913. The number of ether oxygens (including phenoxy) is 1. The van der Waals surface area contributed by atoms with Crippen LogP contribution in [0.5, 0.6) is 5.88 Å². The third kappa shape index (κ3) is 4.74. The number of Topliss-reactive ketones (excluding diaryl/α,β-unsaturated/α-hetero) is 1. The summed E-state index contributed by atoms with van der Waals surface area (Å²) in [6.45, 7) is 3.06. The maximum Gasteiger partial charge on any atom is 0.293 e. The molecule has 11 heteroatoms. The van der Waals surface area contributed by atoms with Crippen molar-refractivity contribution < 1.29 is 28.0 Å². The lowest BCUT2D eigenvalue weighted by molar-refractivity contribution is -0.116. The average molecular weight is 469 g/mol. The Labute approximate surface area is 194 Å². The summed E-state index contributed by atoms with van der Waals surface area (Å²) in [7, 11) is 2.71. The Hall–Kier alpha value is -3.86. The largest absolute Gasteiger partial charge is 0.480 e. The van der Waals surface area contributed by atoms with Gasteiger partial charge < -0.3 is 19.5 Å². The van der Waals surface area contributed by atoms with E-state index in [1.807, 2.05) is 0 Å². The first-order valence-electron chi connectivity index (χ1n) is 10.8. The molecule has 1 aliphatic rings. The second-order valence-corrected chi connectivity index (χ2v) is 7.89. The van der Waals surface area contributed by atoms with Crippen LogP contribution in [0.4, 0.5) is 4.39 Å². The number of methoxy groups -OCH3 is 1. The molecule has 0 radical (unpaired) electrons. The number of halogens is 1. The van der Waals surface area contributed by atoms with Crippen molar-refractivity contribution in [3.63, 3.8) is 0 Å². The number of pyridine rings is 1. The van der Waals surface area contributed by atoms with Crippen LogP contribution in [0, 0.1) is 5.82 Å². The van der Waals surface area contributed by atoms with E-state index in [2.05, 4.69) is 20.4 Å². The standard InChI is InChI=1S/C23H24FN5O5/c1-25-20(31)19(30)18-16-12-17(21(33-2)26-22(16)34-27-18)23(32)29-9-3-8-28(10-11-29)13-14-4-6-15(24)7-5-14/h4-7,12H,3,8-11,13H2,1-2H3,(H,25,31). The van der Waals surface area contributed by atoms with Crippen LogP contribution in [0.3, 0.4) is 0 Å². The van der Waals surface area contributed by atoms with Crippen molar-refractivity contribution in [1.29, 1.82) is 0 Å². The number of amides is 2. The van der Waals surface area contributed by atoms with Gasteiger partial charge in [0.1, 0.15) is 11.4 Å². The number of hydrogen-bond donors (Lipinski definition) is 1. The Kier molecular flexibility index (Phi) is 6.82. The summed E-state index contributed by atoms with van der Waals surface area (Å²) in [4.78, 5) is 45.6. The number of fused-ring (bicyclic) bond motifs is 1. The molecule has 1 N–H and O–H groups in total. The third-order valence-corrected chi connectivity index (χ3v) is 5.70. The van der Waals surface area contributed by atoms with Crippen molar-refractivity contribution in [2.45, 2.75) is 13.0 Å². The Morgan fingerprint density at radius 1 is 1.15 bits per heavy atom. The van der Waals surface area contributed by atoms with E-state index in [4.69, 9.17) is 9.26 Å². The molecule has 178 valence electrons. The quantitative estimate of drug-likeness (QED) is 0.428. The van der Waals surface area contributed by atoms with Gasteiger partial charge in [-0.2, -0.15) is 4.98 Å². The Morgan fingerprint density at radius 3 is 2.62 bits per heavy atom. The van der Waals surface area contributed by atoms with Gasteiger partial charge in [0.15, 0.2) is 5.69 Å². The summed E-state index contributed by atoms with van der Waals surface area (Å²) < 4.78 is 23.6. The maximum atomic E-state index is 13.4. The van der Waals surface area contributed by atoms with E-state index >= 15 is 0 Å². The van der Waals surface area contributed by atoms with Gasteiger partial charge in [-0.15, -0.1) is 0 Å². The molecule has 0 unspecified atom stereocenters. The van der Waals surface area contributed by atoms with Crippen molar-refractivity contribution in [3.8, 4) is 5.88 Å². The van der Waals surface area contributed by atoms with Crippen LogP contribution < -0.4 is 10.1 Å². The smallest absolute Gasteiger partial charge is 0.293 e. The predicted molar refractivity (Wildman–Crippen MR) is 119 cm³/mol. The molecule has 1 aliphatic heterocycles. The first-order chi connectivity index (χ1) is 16.4. The van der Waals surface area contributed by atoms with Crippen LogP contribution in [-0.4, -0.2) is 77.9 Å². The summed E-state index contributed by atoms with van der Waals surface area (Å²) in [6, 6.07) is 7.81. The van der Waals surface area contributed by atoms with Gasteiger partial charge in [-0.1, -0.05) is 17.3 Å². The highest BCUT2D eigenvalue weighted by Crippen LogP contribution is 2.27. The zero-order valence-electron chi connectivity index (χ0n) is 18.8. The lowest BCUT2D eigenvalue weighted by Gasteiger charge is -2.22. The molecule has 2 aromatic heterocycles. The van der Waals surface area contributed by atoms with Crippen molar-refractivity contribution in [1.82, 2.24) is 25.3 Å². The predicted octanol–water partition coefficient (Wildman–Crippen LogP) is 1.65. The van der Waals surface area contributed by atoms with Crippen molar-refractivity contribution in [3.05, 3.63) is 53.0 Å². The van der Waals surface area contributed by atoms with Crippen LogP contribution in [0.15, 0.2) is 34.9 Å². The fraction of sp³-hybridized carbons (Fsp3) is 0.348. The minimum Gasteiger partial charge on any atom is -0.480 e. The van der Waals surface area contributed by atoms with Gasteiger partial charge in [-0.3, -0.25) is 19.3 Å². The molecule has 3 heterocycles. The molecule has 2 amide bonds. The Bertz CT molecular complexity index is 1230. The Morgan fingerprint density at radius 2 is 1.91 bits per heavy atom. The number of benzene rings is 1. The number of aromatic nitrogens is 2. The van der Waals surface area contributed by atoms with Crippen LogP contribution in [-0.2, 0) is 11.3 Å². The van der Waals surface area contributed by atoms with Crippen molar-refractivity contribution in [2.75, 3.05) is 40.3 Å². The molecule has 0 spiro atoms. The molecule has 0 aliphatic carbocycles. The van der Waals surface area contributed by atoms with Crippen LogP contribution >= 0.6 is 0 Å². The number of nitrogens with zero attached hydrogens (tertiary/aromatic N) is 4. The third-order valence-electron chi connectivity index (χ3n) is 5.70. The van der Waals surface area contributed by atoms with E-state index in [1.54, 1.807) is 17.0 Å². The van der Waals surface area contributed by atoms with E-state index in [9.17, 15) is 18.8 Å². The van der Waals surface area contributed by atoms with E-state index < -0.39 is 11.7 Å². The van der Waals surface area contributed by atoms with Crippen LogP contribution in [0.25, 0.3) is 11.1 Å². The molecule has 3 aromatic rings. The fourth-order valence-corrected chi connectivity index (χ4v) is 3.90. The lowest BCUT2D eigenvalue weighted by Crippen LogP contribution is -2.35. The average Bonchev–Trinajstić information content (AvgIpc) is 3.13. The minimum atomic E-state index is -0.891. The van der Waals surface area contributed by atoms with Gasteiger partial charge in [-0.05, 0) is 30.2 Å². The van der Waals surface area contributed by atoms with E-state index in [-0.39, 0.29) is 40.0 Å². The number of hydrogen-bond acceptors (Lipinski definition) is 8. The summed E-state index contributed by atoms with van der Waals surface area (Å²) in [5, 5.41) is 6.07. The number of ketones is 1. The molecule has 34 heavy (non-hydrogen) atoms. The topological polar surface area (TPSA) is 118 Å². The van der Waals surface area contributed by atoms with Gasteiger partial charge in [0, 0.05) is 39.8 Å². The molecular formula is C23H24FN5O5. The van der Waals surface area contributed by atoms with Gasteiger partial charge in [0.2, 0.25) is 5.88 Å². The first kappa shape index (κ1) is 23.3. The summed E-state index contributed by atoms with van der Waals surface area (Å²) in [6.07, 6.45) is 0.749. The molecule has 1 fully saturated rings. The van der Waals surface area contributed by atoms with Crippen molar-refractivity contribution in [2.24, 2.45) is 0 Å². The summed E-state index contributed by atoms with van der Waals surface area (Å²) >= 11 is 0. The molecule has 0 atom stereocenters. The zero-order chi connectivity index (χ0) is 24.2. The minimum absolute atomic E-state index is 0.0120. The maximum absolute atomic E-state index is 13.4. The lowest BCUT2D eigenvalue weighted by atomic mass is 10.1. The van der Waals surface area contributed by atoms with Gasteiger partial charge in [0.25, 0.3) is 23.3 Å². The highest BCUT2D eigenvalue weighted by atomic mass is 19.1. The molecule has 1 aromatic carbocycles. The Balaban J connectivity index is 1.54. The molecule has 4 rings (SSSR count). The molecule has 0 bridgehead atoms. The van der Waals surface area contributed by atoms with Crippen LogP contribution in [0.1, 0.15) is 32.8 Å². The van der Waals surface area contributed by atoms with E-state index in [0.29, 0.717) is 26.2 Å². The highest BCUT2D eigenvalue weighted by Gasteiger charge is 2.28. The number of rotatable bonds is 6. The van der Waals surface area contributed by atoms with Gasteiger partial charge in [0.05, 0.1) is 12.5 Å². The number of carbonyl (C=O) groups is 3. The SMILES string of the molecule is CNC(=O)C(=O)c1noc2nc(OC)c(C(=O)N3CCCN(Cc4ccc(F)cc4)CC3)cc12.